The maximum atomic E-state index is 10.6. The summed E-state index contributed by atoms with van der Waals surface area (Å²) in [5.74, 6) is 0.0719. The van der Waals surface area contributed by atoms with Crippen molar-refractivity contribution >= 4 is 5.97 Å². The van der Waals surface area contributed by atoms with Gasteiger partial charge in [0.05, 0.1) is 13.7 Å². The number of carboxylic acids is 1. The summed E-state index contributed by atoms with van der Waals surface area (Å²) in [5.41, 5.74) is 2.40. The van der Waals surface area contributed by atoms with Gasteiger partial charge in [-0.2, -0.15) is 0 Å². The monoisotopic (exact) mass is 251 g/mol. The molecule has 0 atom stereocenters. The van der Waals surface area contributed by atoms with Crippen LogP contribution in [0.25, 0.3) is 0 Å². The van der Waals surface area contributed by atoms with Crippen molar-refractivity contribution in [2.24, 2.45) is 0 Å². The SMILES string of the molecule is CCc1ccc(OC)c(CCN(C)CC(=O)O)c1. The number of ether oxygens (including phenoxy) is 1. The van der Waals surface area contributed by atoms with Gasteiger partial charge in [-0.25, -0.2) is 0 Å². The van der Waals surface area contributed by atoms with Gasteiger partial charge in [0.2, 0.25) is 0 Å². The van der Waals surface area contributed by atoms with Crippen LogP contribution in [0.3, 0.4) is 0 Å². The fourth-order valence-electron chi connectivity index (χ4n) is 1.87. The molecule has 0 saturated heterocycles. The van der Waals surface area contributed by atoms with Crippen LogP contribution >= 0.6 is 0 Å². The van der Waals surface area contributed by atoms with Crippen LogP contribution in [0, 0.1) is 0 Å². The molecule has 0 radical (unpaired) electrons. The molecule has 0 aromatic heterocycles. The highest BCUT2D eigenvalue weighted by atomic mass is 16.5. The molecule has 4 heteroatoms. The van der Waals surface area contributed by atoms with Gasteiger partial charge >= 0.3 is 5.97 Å². The van der Waals surface area contributed by atoms with Crippen LogP contribution in [-0.2, 0) is 17.6 Å². The first-order chi connectivity index (χ1) is 8.56. The molecule has 1 N–H and O–H groups in total. The fourth-order valence-corrected chi connectivity index (χ4v) is 1.87. The zero-order valence-electron chi connectivity index (χ0n) is 11.3. The van der Waals surface area contributed by atoms with Gasteiger partial charge in [0.25, 0.3) is 0 Å². The molecule has 1 aromatic carbocycles. The van der Waals surface area contributed by atoms with Gasteiger partial charge in [0.1, 0.15) is 5.75 Å². The summed E-state index contributed by atoms with van der Waals surface area (Å²) in [7, 11) is 3.47. The summed E-state index contributed by atoms with van der Waals surface area (Å²) >= 11 is 0. The minimum Gasteiger partial charge on any atom is -0.496 e. The zero-order valence-corrected chi connectivity index (χ0v) is 11.3. The topological polar surface area (TPSA) is 49.8 Å². The van der Waals surface area contributed by atoms with E-state index in [4.69, 9.17) is 9.84 Å². The zero-order chi connectivity index (χ0) is 13.5. The number of nitrogens with zero attached hydrogens (tertiary/aromatic N) is 1. The summed E-state index contributed by atoms with van der Waals surface area (Å²) in [6, 6.07) is 6.17. The van der Waals surface area contributed by atoms with E-state index in [0.29, 0.717) is 6.54 Å². The van der Waals surface area contributed by atoms with Crippen LogP contribution in [0.1, 0.15) is 18.1 Å². The van der Waals surface area contributed by atoms with Gasteiger partial charge in [-0.1, -0.05) is 19.1 Å². The quantitative estimate of drug-likeness (QED) is 0.803. The highest BCUT2D eigenvalue weighted by molar-refractivity contribution is 5.69. The van der Waals surface area contributed by atoms with Gasteiger partial charge in [-0.15, -0.1) is 0 Å². The Labute approximate surface area is 108 Å². The van der Waals surface area contributed by atoms with Crippen molar-refractivity contribution in [1.82, 2.24) is 4.90 Å². The molecule has 0 aliphatic carbocycles. The number of rotatable bonds is 7. The Morgan fingerprint density at radius 3 is 2.72 bits per heavy atom. The molecule has 0 heterocycles. The smallest absolute Gasteiger partial charge is 0.317 e. The second kappa shape index (κ2) is 7.01. The second-order valence-corrected chi connectivity index (χ2v) is 4.38. The van der Waals surface area contributed by atoms with E-state index in [0.717, 1.165) is 24.2 Å². The predicted molar refractivity (Wildman–Crippen MR) is 71.2 cm³/mol. The van der Waals surface area contributed by atoms with Gasteiger partial charge in [-0.05, 0) is 37.1 Å². The number of carboxylic acid groups (broad SMARTS) is 1. The lowest BCUT2D eigenvalue weighted by atomic mass is 10.0. The first kappa shape index (κ1) is 14.5. The number of aliphatic carboxylic acids is 1. The molecular formula is C14H21NO3. The average molecular weight is 251 g/mol. The van der Waals surface area contributed by atoms with E-state index in [1.807, 2.05) is 13.1 Å². The summed E-state index contributed by atoms with van der Waals surface area (Å²) < 4.78 is 5.32. The number of hydrogen-bond acceptors (Lipinski definition) is 3. The second-order valence-electron chi connectivity index (χ2n) is 4.38. The third-order valence-corrected chi connectivity index (χ3v) is 2.92. The Morgan fingerprint density at radius 1 is 1.44 bits per heavy atom. The third kappa shape index (κ3) is 4.37. The molecular weight excluding hydrogens is 230 g/mol. The third-order valence-electron chi connectivity index (χ3n) is 2.92. The number of hydrogen-bond donors (Lipinski definition) is 1. The number of benzene rings is 1. The number of aryl methyl sites for hydroxylation is 1. The number of methoxy groups -OCH3 is 1. The Morgan fingerprint density at radius 2 is 2.17 bits per heavy atom. The van der Waals surface area contributed by atoms with Gasteiger partial charge < -0.3 is 9.84 Å². The van der Waals surface area contributed by atoms with Crippen molar-refractivity contribution in [3.8, 4) is 5.75 Å². The maximum absolute atomic E-state index is 10.6. The molecule has 4 nitrogen and oxygen atoms in total. The number of likely N-dealkylation sites (N-methyl/N-ethyl adjacent to an activating group) is 1. The highest BCUT2D eigenvalue weighted by Crippen LogP contribution is 2.20. The molecule has 0 amide bonds. The Balaban J connectivity index is 2.67. The molecule has 0 saturated carbocycles. The molecule has 1 rings (SSSR count). The lowest BCUT2D eigenvalue weighted by Gasteiger charge is -2.15. The van der Waals surface area contributed by atoms with E-state index < -0.39 is 5.97 Å². The largest absolute Gasteiger partial charge is 0.496 e. The standard InChI is InChI=1S/C14H21NO3/c1-4-11-5-6-13(18-3)12(9-11)7-8-15(2)10-14(16)17/h5-6,9H,4,7-8,10H2,1-3H3,(H,16,17). The van der Waals surface area contributed by atoms with Crippen molar-refractivity contribution in [1.29, 1.82) is 0 Å². The van der Waals surface area contributed by atoms with E-state index >= 15 is 0 Å². The van der Waals surface area contributed by atoms with E-state index in [9.17, 15) is 4.79 Å². The molecule has 0 bridgehead atoms. The Hall–Kier alpha value is -1.55. The molecule has 0 fully saturated rings. The summed E-state index contributed by atoms with van der Waals surface area (Å²) in [5, 5.41) is 8.70. The lowest BCUT2D eigenvalue weighted by Crippen LogP contribution is -2.27. The average Bonchev–Trinajstić information content (AvgIpc) is 2.35. The van der Waals surface area contributed by atoms with Crippen LogP contribution in [0.2, 0.25) is 0 Å². The minimum absolute atomic E-state index is 0.0653. The first-order valence-corrected chi connectivity index (χ1v) is 6.13. The van der Waals surface area contributed by atoms with Crippen molar-refractivity contribution in [3.05, 3.63) is 29.3 Å². The highest BCUT2D eigenvalue weighted by Gasteiger charge is 2.08. The van der Waals surface area contributed by atoms with Gasteiger partial charge in [0.15, 0.2) is 0 Å². The van der Waals surface area contributed by atoms with Gasteiger partial charge in [-0.3, -0.25) is 9.69 Å². The van der Waals surface area contributed by atoms with Crippen molar-refractivity contribution < 1.29 is 14.6 Å². The predicted octanol–water partition coefficient (Wildman–Crippen LogP) is 1.82. The Bertz CT molecular complexity index is 404. The summed E-state index contributed by atoms with van der Waals surface area (Å²) in [6.45, 7) is 2.88. The van der Waals surface area contributed by atoms with Gasteiger partial charge in [0, 0.05) is 6.54 Å². The molecule has 0 spiro atoms. The maximum Gasteiger partial charge on any atom is 0.317 e. The normalized spacial score (nSPS) is 10.7. The van der Waals surface area contributed by atoms with Crippen molar-refractivity contribution in [2.45, 2.75) is 19.8 Å². The van der Waals surface area contributed by atoms with Crippen molar-refractivity contribution in [2.75, 3.05) is 27.2 Å². The number of carbonyl (C=O) groups is 1. The van der Waals surface area contributed by atoms with Crippen LogP contribution < -0.4 is 4.74 Å². The molecule has 100 valence electrons. The summed E-state index contributed by atoms with van der Waals surface area (Å²) in [6.07, 6.45) is 1.78. The van der Waals surface area contributed by atoms with Crippen LogP contribution in [-0.4, -0.2) is 43.2 Å². The Kier molecular flexibility index (Phi) is 5.65. The fraction of sp³-hybridized carbons (Fsp3) is 0.500. The van der Waals surface area contributed by atoms with Crippen LogP contribution in [0.5, 0.6) is 5.75 Å². The molecule has 0 aliphatic heterocycles. The van der Waals surface area contributed by atoms with Crippen LogP contribution in [0.4, 0.5) is 0 Å². The molecule has 0 unspecified atom stereocenters. The molecule has 0 aliphatic rings. The van der Waals surface area contributed by atoms with E-state index in [2.05, 4.69) is 19.1 Å². The van der Waals surface area contributed by atoms with E-state index in [1.165, 1.54) is 5.56 Å². The van der Waals surface area contributed by atoms with E-state index in [1.54, 1.807) is 12.0 Å². The van der Waals surface area contributed by atoms with Crippen molar-refractivity contribution in [3.63, 3.8) is 0 Å². The molecule has 18 heavy (non-hydrogen) atoms. The lowest BCUT2D eigenvalue weighted by molar-refractivity contribution is -0.137. The van der Waals surface area contributed by atoms with E-state index in [-0.39, 0.29) is 6.54 Å². The summed E-state index contributed by atoms with van der Waals surface area (Å²) in [4.78, 5) is 12.4. The van der Waals surface area contributed by atoms with Crippen LogP contribution in [0.15, 0.2) is 18.2 Å². The first-order valence-electron chi connectivity index (χ1n) is 6.13. The minimum atomic E-state index is -0.799. The molecule has 1 aromatic rings.